The molecule has 1 aliphatic rings. The standard InChI is InChI=1S/C6H6O/c1-5-3-2-4-6(5)7/h2,4,7H,1H3. The van der Waals surface area contributed by atoms with Crippen LogP contribution in [0.15, 0.2) is 29.2 Å². The molecule has 0 amide bonds. The molecule has 1 N–H and O–H groups in total. The Hall–Kier alpha value is -0.940. The first-order valence-corrected chi connectivity index (χ1v) is 2.13. The fraction of sp³-hybridized carbons (Fsp3) is 0.167. The molecule has 0 unspecified atom stereocenters. The van der Waals surface area contributed by atoms with Gasteiger partial charge in [-0.1, -0.05) is 0 Å². The summed E-state index contributed by atoms with van der Waals surface area (Å²) in [7, 11) is 0. The molecule has 0 aromatic heterocycles. The molecule has 0 radical (unpaired) electrons. The van der Waals surface area contributed by atoms with Crippen molar-refractivity contribution in [3.63, 3.8) is 0 Å². The van der Waals surface area contributed by atoms with E-state index in [1.807, 2.05) is 6.92 Å². The van der Waals surface area contributed by atoms with Crippen molar-refractivity contribution in [3.8, 4) is 0 Å². The van der Waals surface area contributed by atoms with Gasteiger partial charge in [-0.15, -0.1) is 5.73 Å². The number of aliphatic hydroxyl groups is 1. The van der Waals surface area contributed by atoms with Crippen molar-refractivity contribution >= 4 is 0 Å². The Morgan fingerprint density at radius 2 is 2.43 bits per heavy atom. The molecule has 0 saturated heterocycles. The maximum absolute atomic E-state index is 8.73. The van der Waals surface area contributed by atoms with E-state index in [1.54, 1.807) is 12.2 Å². The van der Waals surface area contributed by atoms with Crippen molar-refractivity contribution in [2.45, 2.75) is 6.92 Å². The van der Waals surface area contributed by atoms with Gasteiger partial charge < -0.3 is 5.11 Å². The maximum atomic E-state index is 8.73. The van der Waals surface area contributed by atoms with Gasteiger partial charge >= 0.3 is 0 Å². The minimum atomic E-state index is 0.333. The predicted molar refractivity (Wildman–Crippen MR) is 28.0 cm³/mol. The highest BCUT2D eigenvalue weighted by molar-refractivity contribution is 5.32. The van der Waals surface area contributed by atoms with Crippen LogP contribution in [0.1, 0.15) is 6.92 Å². The summed E-state index contributed by atoms with van der Waals surface area (Å²) in [5, 5.41) is 8.73. The molecular formula is C6H6O. The number of allylic oxidation sites excluding steroid dienone is 2. The number of hydrogen-bond donors (Lipinski definition) is 1. The Kier molecular flexibility index (Phi) is 0.775. The third-order valence-corrected chi connectivity index (χ3v) is 0.925. The Morgan fingerprint density at radius 3 is 2.57 bits per heavy atom. The number of hydrogen-bond acceptors (Lipinski definition) is 1. The first-order valence-electron chi connectivity index (χ1n) is 2.13. The highest BCUT2D eigenvalue weighted by atomic mass is 16.3. The smallest absolute Gasteiger partial charge is 0.126 e. The molecule has 0 aliphatic heterocycles. The van der Waals surface area contributed by atoms with Crippen molar-refractivity contribution in [3.05, 3.63) is 29.2 Å². The molecular weight excluding hydrogens is 88.1 g/mol. The Labute approximate surface area is 42.3 Å². The largest absolute Gasteiger partial charge is 0.507 e. The summed E-state index contributed by atoms with van der Waals surface area (Å²) in [4.78, 5) is 0. The predicted octanol–water partition coefficient (Wildman–Crippen LogP) is 1.54. The van der Waals surface area contributed by atoms with Gasteiger partial charge in [0.1, 0.15) is 5.76 Å². The zero-order chi connectivity index (χ0) is 5.28. The van der Waals surface area contributed by atoms with Crippen LogP contribution in [0.2, 0.25) is 0 Å². The van der Waals surface area contributed by atoms with E-state index in [9.17, 15) is 0 Å². The molecule has 0 aromatic carbocycles. The first kappa shape index (κ1) is 4.23. The molecule has 0 saturated carbocycles. The number of aliphatic hydroxyl groups excluding tert-OH is 1. The molecule has 0 atom stereocenters. The third-order valence-electron chi connectivity index (χ3n) is 0.925. The van der Waals surface area contributed by atoms with Crippen molar-refractivity contribution < 1.29 is 5.11 Å². The quantitative estimate of drug-likeness (QED) is 0.451. The number of rotatable bonds is 0. The minimum absolute atomic E-state index is 0.333. The lowest BCUT2D eigenvalue weighted by Gasteiger charge is -1.85. The van der Waals surface area contributed by atoms with Gasteiger partial charge in [-0.05, 0) is 19.1 Å². The lowest BCUT2D eigenvalue weighted by Crippen LogP contribution is -1.73. The highest BCUT2D eigenvalue weighted by Crippen LogP contribution is 2.07. The van der Waals surface area contributed by atoms with Crippen molar-refractivity contribution in [1.29, 1.82) is 0 Å². The average molecular weight is 94.1 g/mol. The second kappa shape index (κ2) is 1.28. The van der Waals surface area contributed by atoms with Gasteiger partial charge in [0.05, 0.1) is 0 Å². The van der Waals surface area contributed by atoms with Gasteiger partial charge in [0, 0.05) is 5.57 Å². The normalized spacial score (nSPS) is 16.7. The van der Waals surface area contributed by atoms with E-state index >= 15 is 0 Å². The SMILES string of the molecule is CC1=C=CC=C1O. The van der Waals surface area contributed by atoms with Crippen molar-refractivity contribution in [1.82, 2.24) is 0 Å². The second-order valence-corrected chi connectivity index (χ2v) is 1.49. The van der Waals surface area contributed by atoms with E-state index in [4.69, 9.17) is 5.11 Å². The van der Waals surface area contributed by atoms with Crippen LogP contribution in [-0.2, 0) is 0 Å². The van der Waals surface area contributed by atoms with Crippen LogP contribution in [0, 0.1) is 0 Å². The third kappa shape index (κ3) is 0.577. The van der Waals surface area contributed by atoms with Crippen LogP contribution in [0.4, 0.5) is 0 Å². The summed E-state index contributed by atoms with van der Waals surface area (Å²) in [5.74, 6) is 0.333. The van der Waals surface area contributed by atoms with E-state index in [-0.39, 0.29) is 0 Å². The van der Waals surface area contributed by atoms with Crippen LogP contribution in [-0.4, -0.2) is 5.11 Å². The minimum Gasteiger partial charge on any atom is -0.507 e. The van der Waals surface area contributed by atoms with Crippen LogP contribution in [0.25, 0.3) is 0 Å². The van der Waals surface area contributed by atoms with Crippen LogP contribution >= 0.6 is 0 Å². The molecule has 0 aromatic rings. The topological polar surface area (TPSA) is 20.2 Å². The lowest BCUT2D eigenvalue weighted by molar-refractivity contribution is 0.425. The van der Waals surface area contributed by atoms with Gasteiger partial charge in [0.25, 0.3) is 0 Å². The summed E-state index contributed by atoms with van der Waals surface area (Å²) in [5.41, 5.74) is 3.64. The van der Waals surface area contributed by atoms with Gasteiger partial charge in [-0.3, -0.25) is 0 Å². The zero-order valence-corrected chi connectivity index (χ0v) is 4.10. The molecule has 1 nitrogen and oxygen atoms in total. The van der Waals surface area contributed by atoms with Gasteiger partial charge in [-0.2, -0.15) is 0 Å². The molecule has 0 bridgehead atoms. The molecule has 36 valence electrons. The Bertz CT molecular complexity index is 169. The fourth-order valence-corrected chi connectivity index (χ4v) is 0.445. The summed E-state index contributed by atoms with van der Waals surface area (Å²) in [6, 6.07) is 0. The van der Waals surface area contributed by atoms with E-state index in [2.05, 4.69) is 5.73 Å². The van der Waals surface area contributed by atoms with E-state index in [0.717, 1.165) is 5.57 Å². The zero-order valence-electron chi connectivity index (χ0n) is 4.10. The monoisotopic (exact) mass is 94.0 g/mol. The van der Waals surface area contributed by atoms with E-state index in [0.29, 0.717) is 5.76 Å². The van der Waals surface area contributed by atoms with Crippen LogP contribution in [0.5, 0.6) is 0 Å². The van der Waals surface area contributed by atoms with Gasteiger partial charge in [-0.25, -0.2) is 0 Å². The molecule has 1 heteroatoms. The molecule has 0 spiro atoms. The Balaban J connectivity index is 2.97. The van der Waals surface area contributed by atoms with Gasteiger partial charge in [0.2, 0.25) is 0 Å². The summed E-state index contributed by atoms with van der Waals surface area (Å²) in [6.07, 6.45) is 3.32. The fourth-order valence-electron chi connectivity index (χ4n) is 0.445. The molecule has 0 heterocycles. The van der Waals surface area contributed by atoms with Crippen molar-refractivity contribution in [2.24, 2.45) is 0 Å². The molecule has 0 fully saturated rings. The maximum Gasteiger partial charge on any atom is 0.126 e. The van der Waals surface area contributed by atoms with E-state index < -0.39 is 0 Å². The summed E-state index contributed by atoms with van der Waals surface area (Å²) in [6.45, 7) is 1.81. The molecule has 1 rings (SSSR count). The lowest BCUT2D eigenvalue weighted by atomic mass is 10.3. The van der Waals surface area contributed by atoms with Crippen LogP contribution < -0.4 is 0 Å². The van der Waals surface area contributed by atoms with Crippen molar-refractivity contribution in [2.75, 3.05) is 0 Å². The first-order chi connectivity index (χ1) is 3.30. The highest BCUT2D eigenvalue weighted by Gasteiger charge is 1.94. The Morgan fingerprint density at radius 1 is 1.71 bits per heavy atom. The summed E-state index contributed by atoms with van der Waals surface area (Å²) < 4.78 is 0. The molecule has 1 aliphatic carbocycles. The van der Waals surface area contributed by atoms with Crippen LogP contribution in [0.3, 0.4) is 0 Å². The van der Waals surface area contributed by atoms with E-state index in [1.165, 1.54) is 0 Å². The average Bonchev–Trinajstić information content (AvgIpc) is 1.91. The van der Waals surface area contributed by atoms with Gasteiger partial charge in [0.15, 0.2) is 0 Å². The molecule has 7 heavy (non-hydrogen) atoms. The summed E-state index contributed by atoms with van der Waals surface area (Å²) >= 11 is 0. The second-order valence-electron chi connectivity index (χ2n) is 1.49.